The van der Waals surface area contributed by atoms with Crippen LogP contribution in [0.25, 0.3) is 0 Å². The van der Waals surface area contributed by atoms with Crippen molar-refractivity contribution < 1.29 is 13.9 Å². The minimum absolute atomic E-state index is 0.0349. The molecular weight excluding hydrogens is 325 g/mol. The molecule has 0 spiro atoms. The Morgan fingerprint density at radius 1 is 1.50 bits per heavy atom. The molecule has 108 valence electrons. The van der Waals surface area contributed by atoms with Gasteiger partial charge < -0.3 is 4.74 Å². The molecule has 1 aromatic rings. The molecule has 2 fully saturated rings. The van der Waals surface area contributed by atoms with Crippen LogP contribution in [0.2, 0.25) is 0 Å². The normalized spacial score (nSPS) is 26.5. The van der Waals surface area contributed by atoms with Crippen LogP contribution < -0.4 is 0 Å². The highest BCUT2D eigenvalue weighted by molar-refractivity contribution is 9.10. The Bertz CT molecular complexity index is 523. The Kier molecular flexibility index (Phi) is 4.19. The minimum atomic E-state index is -0.414. The lowest BCUT2D eigenvalue weighted by molar-refractivity contribution is -0.137. The van der Waals surface area contributed by atoms with Crippen LogP contribution in [0, 0.1) is 5.82 Å². The van der Waals surface area contributed by atoms with Crippen LogP contribution in [0.1, 0.15) is 18.4 Å². The molecule has 0 N–H and O–H groups in total. The van der Waals surface area contributed by atoms with Gasteiger partial charge in [0.2, 0.25) is 0 Å². The quantitative estimate of drug-likeness (QED) is 0.846. The van der Waals surface area contributed by atoms with Crippen LogP contribution >= 0.6 is 15.9 Å². The smallest absolute Gasteiger partial charge is 0.167 e. The van der Waals surface area contributed by atoms with Gasteiger partial charge in [-0.2, -0.15) is 0 Å². The van der Waals surface area contributed by atoms with Crippen LogP contribution in [0.4, 0.5) is 4.39 Å². The summed E-state index contributed by atoms with van der Waals surface area (Å²) in [6.45, 7) is 2.32. The van der Waals surface area contributed by atoms with E-state index in [0.717, 1.165) is 17.4 Å². The molecule has 0 amide bonds. The molecule has 0 aliphatic carbocycles. The van der Waals surface area contributed by atoms with Crippen molar-refractivity contribution in [1.29, 1.82) is 0 Å². The van der Waals surface area contributed by atoms with Gasteiger partial charge in [0.1, 0.15) is 11.9 Å². The summed E-state index contributed by atoms with van der Waals surface area (Å²) in [6.07, 6.45) is 2.01. The molecule has 0 bridgehead atoms. The van der Waals surface area contributed by atoms with Gasteiger partial charge in [-0.15, -0.1) is 0 Å². The standard InChI is InChI=1S/C15H17BrFNO2/c16-11-3-4-13(17)10(6-11)7-14(19)15-8-18-5-1-2-12(18)9-20-15/h3-4,6,12,15H,1-2,5,7-9H2. The van der Waals surface area contributed by atoms with Crippen molar-refractivity contribution in [3.05, 3.63) is 34.1 Å². The van der Waals surface area contributed by atoms with Crippen LogP contribution in [-0.4, -0.2) is 42.5 Å². The summed E-state index contributed by atoms with van der Waals surface area (Å²) in [5.74, 6) is -0.372. The molecule has 3 rings (SSSR count). The number of carbonyl (C=O) groups is 1. The second kappa shape index (κ2) is 5.92. The van der Waals surface area contributed by atoms with Crippen molar-refractivity contribution >= 4 is 21.7 Å². The second-order valence-corrected chi connectivity index (χ2v) is 6.41. The second-order valence-electron chi connectivity index (χ2n) is 5.49. The Hall–Kier alpha value is -0.780. The Morgan fingerprint density at radius 3 is 3.20 bits per heavy atom. The SMILES string of the molecule is O=C(Cc1cc(Br)ccc1F)C1CN2CCCC2CO1. The van der Waals surface area contributed by atoms with Gasteiger partial charge in [-0.05, 0) is 43.1 Å². The summed E-state index contributed by atoms with van der Waals surface area (Å²) in [5.41, 5.74) is 0.427. The number of carbonyl (C=O) groups excluding carboxylic acids is 1. The van der Waals surface area contributed by atoms with Crippen LogP contribution in [0.15, 0.2) is 22.7 Å². The van der Waals surface area contributed by atoms with E-state index in [9.17, 15) is 9.18 Å². The highest BCUT2D eigenvalue weighted by atomic mass is 79.9. The predicted molar refractivity (Wildman–Crippen MR) is 77.1 cm³/mol. The first kappa shape index (κ1) is 14.2. The summed E-state index contributed by atoms with van der Waals surface area (Å²) in [6, 6.07) is 5.15. The van der Waals surface area contributed by atoms with Crippen molar-refractivity contribution in [2.75, 3.05) is 19.7 Å². The zero-order valence-electron chi connectivity index (χ0n) is 11.1. The molecule has 1 aromatic carbocycles. The topological polar surface area (TPSA) is 29.5 Å². The van der Waals surface area contributed by atoms with Gasteiger partial charge in [0.15, 0.2) is 5.78 Å². The predicted octanol–water partition coefficient (Wildman–Crippen LogP) is 2.56. The first-order valence-electron chi connectivity index (χ1n) is 6.96. The van der Waals surface area contributed by atoms with E-state index in [0.29, 0.717) is 24.8 Å². The highest BCUT2D eigenvalue weighted by Gasteiger charge is 2.35. The monoisotopic (exact) mass is 341 g/mol. The zero-order chi connectivity index (χ0) is 14.1. The highest BCUT2D eigenvalue weighted by Crippen LogP contribution is 2.24. The third-order valence-corrected chi connectivity index (χ3v) is 4.61. The molecule has 3 nitrogen and oxygen atoms in total. The number of nitrogens with zero attached hydrogens (tertiary/aromatic N) is 1. The molecule has 2 saturated heterocycles. The molecule has 5 heteroatoms. The number of benzene rings is 1. The molecule has 0 aromatic heterocycles. The molecule has 2 aliphatic heterocycles. The number of hydrogen-bond acceptors (Lipinski definition) is 3. The average molecular weight is 342 g/mol. The van der Waals surface area contributed by atoms with Crippen molar-refractivity contribution in [1.82, 2.24) is 4.90 Å². The number of halogens is 2. The maximum Gasteiger partial charge on any atom is 0.167 e. The van der Waals surface area contributed by atoms with Crippen molar-refractivity contribution in [3.8, 4) is 0 Å². The Balaban J connectivity index is 1.65. The first-order chi connectivity index (χ1) is 9.63. The van der Waals surface area contributed by atoms with Gasteiger partial charge in [0.25, 0.3) is 0 Å². The summed E-state index contributed by atoms with van der Waals surface area (Å²) in [7, 11) is 0. The fourth-order valence-electron chi connectivity index (χ4n) is 2.99. The number of ether oxygens (including phenoxy) is 1. The molecule has 0 radical (unpaired) electrons. The third kappa shape index (κ3) is 2.95. The van der Waals surface area contributed by atoms with Gasteiger partial charge in [0, 0.05) is 23.5 Å². The molecule has 2 aliphatic rings. The average Bonchev–Trinajstić information content (AvgIpc) is 2.90. The van der Waals surface area contributed by atoms with Gasteiger partial charge in [-0.25, -0.2) is 4.39 Å². The molecule has 2 unspecified atom stereocenters. The molecule has 2 heterocycles. The summed E-state index contributed by atoms with van der Waals surface area (Å²) < 4.78 is 20.1. The summed E-state index contributed by atoms with van der Waals surface area (Å²) in [5, 5.41) is 0. The fraction of sp³-hybridized carbons (Fsp3) is 0.533. The molecular formula is C15H17BrFNO2. The number of fused-ring (bicyclic) bond motifs is 1. The molecule has 2 atom stereocenters. The summed E-state index contributed by atoms with van der Waals surface area (Å²) >= 11 is 3.30. The van der Waals surface area contributed by atoms with Crippen LogP contribution in [0.3, 0.4) is 0 Å². The van der Waals surface area contributed by atoms with Crippen molar-refractivity contribution in [2.24, 2.45) is 0 Å². The minimum Gasteiger partial charge on any atom is -0.367 e. The van der Waals surface area contributed by atoms with E-state index in [4.69, 9.17) is 4.74 Å². The maximum atomic E-state index is 13.7. The van der Waals surface area contributed by atoms with E-state index in [-0.39, 0.29) is 18.0 Å². The Morgan fingerprint density at radius 2 is 2.35 bits per heavy atom. The largest absolute Gasteiger partial charge is 0.367 e. The lowest BCUT2D eigenvalue weighted by atomic mass is 10.0. The van der Waals surface area contributed by atoms with Crippen molar-refractivity contribution in [2.45, 2.75) is 31.4 Å². The maximum absolute atomic E-state index is 13.7. The van der Waals surface area contributed by atoms with Gasteiger partial charge >= 0.3 is 0 Å². The van der Waals surface area contributed by atoms with E-state index in [2.05, 4.69) is 20.8 Å². The molecule has 0 saturated carbocycles. The van der Waals surface area contributed by atoms with E-state index >= 15 is 0 Å². The lowest BCUT2D eigenvalue weighted by Gasteiger charge is -2.34. The summed E-state index contributed by atoms with van der Waals surface area (Å²) in [4.78, 5) is 14.6. The number of rotatable bonds is 3. The van der Waals surface area contributed by atoms with Crippen LogP contribution in [-0.2, 0) is 16.0 Å². The number of ketones is 1. The lowest BCUT2D eigenvalue weighted by Crippen LogP contribution is -2.49. The van der Waals surface area contributed by atoms with Crippen molar-refractivity contribution in [3.63, 3.8) is 0 Å². The number of Topliss-reactive ketones (excluding diaryl/α,β-unsaturated/α-hetero) is 1. The third-order valence-electron chi connectivity index (χ3n) is 4.12. The fourth-order valence-corrected chi connectivity index (χ4v) is 3.40. The van der Waals surface area contributed by atoms with Gasteiger partial charge in [-0.1, -0.05) is 15.9 Å². The van der Waals surface area contributed by atoms with Gasteiger partial charge in [-0.3, -0.25) is 9.69 Å². The zero-order valence-corrected chi connectivity index (χ0v) is 12.7. The van der Waals surface area contributed by atoms with Crippen LogP contribution in [0.5, 0.6) is 0 Å². The van der Waals surface area contributed by atoms with E-state index in [1.807, 2.05) is 0 Å². The number of hydrogen-bond donors (Lipinski definition) is 0. The first-order valence-corrected chi connectivity index (χ1v) is 7.75. The van der Waals surface area contributed by atoms with E-state index in [1.165, 1.54) is 12.5 Å². The Labute approximate surface area is 126 Å². The molecule has 20 heavy (non-hydrogen) atoms. The number of morpholine rings is 1. The van der Waals surface area contributed by atoms with Gasteiger partial charge in [0.05, 0.1) is 6.61 Å². The van der Waals surface area contributed by atoms with E-state index in [1.54, 1.807) is 12.1 Å². The van der Waals surface area contributed by atoms with E-state index < -0.39 is 6.10 Å².